The maximum absolute atomic E-state index is 12.8. The molecule has 0 atom stereocenters. The quantitative estimate of drug-likeness (QED) is 0.657. The van der Waals surface area contributed by atoms with E-state index in [1.54, 1.807) is 43.5 Å². The predicted octanol–water partition coefficient (Wildman–Crippen LogP) is 1.98. The Hall–Kier alpha value is -2.46. The molecule has 0 bridgehead atoms. The zero-order valence-corrected chi connectivity index (χ0v) is 17.0. The summed E-state index contributed by atoms with van der Waals surface area (Å²) >= 11 is 0. The summed E-state index contributed by atoms with van der Waals surface area (Å²) in [4.78, 5) is 12.9. The van der Waals surface area contributed by atoms with Crippen molar-refractivity contribution in [3.05, 3.63) is 54.1 Å². The molecule has 8 nitrogen and oxygen atoms in total. The molecule has 3 rings (SSSR count). The topological polar surface area (TPSA) is 94.2 Å². The van der Waals surface area contributed by atoms with Crippen molar-refractivity contribution >= 4 is 21.6 Å². The Morgan fingerprint density at radius 1 is 1.10 bits per heavy atom. The predicted molar refractivity (Wildman–Crippen MR) is 108 cm³/mol. The molecule has 1 amide bonds. The van der Waals surface area contributed by atoms with Gasteiger partial charge in [-0.2, -0.15) is 4.31 Å². The summed E-state index contributed by atoms with van der Waals surface area (Å²) in [5.74, 6) is 0.0399. The van der Waals surface area contributed by atoms with Crippen LogP contribution < -0.4 is 10.1 Å². The summed E-state index contributed by atoms with van der Waals surface area (Å²) in [6.45, 7) is 2.08. The average Bonchev–Trinajstić information content (AvgIpc) is 2.75. The SMILES string of the molecule is COCCOc1ccccc1C(=O)Nc1cccc(S(=O)(=O)N2CCOCC2)c1. The number of hydrogen-bond donors (Lipinski definition) is 1. The van der Waals surface area contributed by atoms with E-state index in [0.717, 1.165) is 0 Å². The molecule has 2 aromatic carbocycles. The van der Waals surface area contributed by atoms with Gasteiger partial charge in [0.2, 0.25) is 10.0 Å². The number of carbonyl (C=O) groups excluding carboxylic acids is 1. The second kappa shape index (κ2) is 9.84. The number of benzene rings is 2. The summed E-state index contributed by atoms with van der Waals surface area (Å²) in [6, 6.07) is 13.1. The van der Waals surface area contributed by atoms with Crippen LogP contribution in [-0.2, 0) is 19.5 Å². The Balaban J connectivity index is 1.76. The van der Waals surface area contributed by atoms with Crippen molar-refractivity contribution in [1.82, 2.24) is 4.31 Å². The van der Waals surface area contributed by atoms with Crippen LogP contribution in [0, 0.1) is 0 Å². The highest BCUT2D eigenvalue weighted by Crippen LogP contribution is 2.23. The van der Waals surface area contributed by atoms with E-state index in [-0.39, 0.29) is 10.8 Å². The van der Waals surface area contributed by atoms with E-state index in [4.69, 9.17) is 14.2 Å². The maximum Gasteiger partial charge on any atom is 0.259 e. The van der Waals surface area contributed by atoms with Crippen molar-refractivity contribution in [2.75, 3.05) is 51.9 Å². The summed E-state index contributed by atoms with van der Waals surface area (Å²) in [5, 5.41) is 2.75. The Morgan fingerprint density at radius 3 is 2.62 bits per heavy atom. The Kier molecular flexibility index (Phi) is 7.21. The molecule has 9 heteroatoms. The molecule has 2 aromatic rings. The number of rotatable bonds is 8. The van der Waals surface area contributed by atoms with Gasteiger partial charge in [-0.15, -0.1) is 0 Å². The first-order chi connectivity index (χ1) is 14.0. The number of anilines is 1. The molecular formula is C20H24N2O6S. The van der Waals surface area contributed by atoms with Crippen LogP contribution in [0.4, 0.5) is 5.69 Å². The molecule has 0 saturated carbocycles. The summed E-state index contributed by atoms with van der Waals surface area (Å²) in [6.07, 6.45) is 0. The van der Waals surface area contributed by atoms with Gasteiger partial charge in [0.05, 0.1) is 30.3 Å². The molecule has 0 radical (unpaired) electrons. The minimum atomic E-state index is -3.64. The summed E-state index contributed by atoms with van der Waals surface area (Å²) in [7, 11) is -2.08. The number of morpholine rings is 1. The molecule has 156 valence electrons. The molecule has 1 fully saturated rings. The molecule has 0 aromatic heterocycles. The van der Waals surface area contributed by atoms with E-state index >= 15 is 0 Å². The van der Waals surface area contributed by atoms with Crippen molar-refractivity contribution < 1.29 is 27.4 Å². The van der Waals surface area contributed by atoms with Gasteiger partial charge in [0.25, 0.3) is 5.91 Å². The van der Waals surface area contributed by atoms with Gasteiger partial charge in [-0.05, 0) is 30.3 Å². The van der Waals surface area contributed by atoms with Gasteiger partial charge in [0.1, 0.15) is 12.4 Å². The van der Waals surface area contributed by atoms with E-state index in [2.05, 4.69) is 5.32 Å². The Morgan fingerprint density at radius 2 is 1.86 bits per heavy atom. The molecule has 0 aliphatic carbocycles. The van der Waals surface area contributed by atoms with Crippen LogP contribution in [-0.4, -0.2) is 65.3 Å². The minimum Gasteiger partial charge on any atom is -0.490 e. The van der Waals surface area contributed by atoms with E-state index in [0.29, 0.717) is 56.5 Å². The standard InChI is InChI=1S/C20H24N2O6S/c1-26-13-14-28-19-8-3-2-7-18(19)20(23)21-16-5-4-6-17(15-16)29(24,25)22-9-11-27-12-10-22/h2-8,15H,9-14H2,1H3,(H,21,23). The van der Waals surface area contributed by atoms with Gasteiger partial charge >= 0.3 is 0 Å². The number of sulfonamides is 1. The van der Waals surface area contributed by atoms with Gasteiger partial charge in [-0.25, -0.2) is 8.42 Å². The summed E-state index contributed by atoms with van der Waals surface area (Å²) in [5.41, 5.74) is 0.737. The van der Waals surface area contributed by atoms with E-state index in [1.807, 2.05) is 0 Å². The van der Waals surface area contributed by atoms with E-state index in [1.165, 1.54) is 16.4 Å². The minimum absolute atomic E-state index is 0.127. The van der Waals surface area contributed by atoms with E-state index in [9.17, 15) is 13.2 Å². The number of para-hydroxylation sites is 1. The lowest BCUT2D eigenvalue weighted by atomic mass is 10.2. The van der Waals surface area contributed by atoms with Crippen molar-refractivity contribution in [3.8, 4) is 5.75 Å². The van der Waals surface area contributed by atoms with Crippen LogP contribution in [0.15, 0.2) is 53.4 Å². The lowest BCUT2D eigenvalue weighted by molar-refractivity contribution is 0.0730. The second-order valence-electron chi connectivity index (χ2n) is 6.34. The van der Waals surface area contributed by atoms with Gasteiger partial charge in [0, 0.05) is 25.9 Å². The fourth-order valence-corrected chi connectivity index (χ4v) is 4.34. The largest absolute Gasteiger partial charge is 0.490 e. The molecular weight excluding hydrogens is 396 g/mol. The van der Waals surface area contributed by atoms with Gasteiger partial charge < -0.3 is 19.5 Å². The zero-order valence-electron chi connectivity index (χ0n) is 16.2. The van der Waals surface area contributed by atoms with Crippen molar-refractivity contribution in [3.63, 3.8) is 0 Å². The highest BCUT2D eigenvalue weighted by molar-refractivity contribution is 7.89. The van der Waals surface area contributed by atoms with Gasteiger partial charge in [0.15, 0.2) is 0 Å². The molecule has 0 unspecified atom stereocenters. The van der Waals surface area contributed by atoms with Crippen molar-refractivity contribution in [2.45, 2.75) is 4.90 Å². The fraction of sp³-hybridized carbons (Fsp3) is 0.350. The number of nitrogens with zero attached hydrogens (tertiary/aromatic N) is 1. The summed E-state index contributed by atoms with van der Waals surface area (Å²) < 4.78 is 42.8. The number of nitrogens with one attached hydrogen (secondary N) is 1. The third-order valence-electron chi connectivity index (χ3n) is 4.38. The van der Waals surface area contributed by atoms with Gasteiger partial charge in [-0.3, -0.25) is 4.79 Å². The normalized spacial score (nSPS) is 15.1. The fourth-order valence-electron chi connectivity index (χ4n) is 2.88. The average molecular weight is 420 g/mol. The van der Waals surface area contributed by atoms with Crippen LogP contribution in [0.1, 0.15) is 10.4 Å². The number of methoxy groups -OCH3 is 1. The molecule has 1 saturated heterocycles. The lowest BCUT2D eigenvalue weighted by Crippen LogP contribution is -2.40. The molecule has 1 N–H and O–H groups in total. The Labute approximate surface area is 170 Å². The first-order valence-corrected chi connectivity index (χ1v) is 10.7. The van der Waals surface area contributed by atoms with Crippen LogP contribution in [0.2, 0.25) is 0 Å². The molecule has 1 aliphatic rings. The number of carbonyl (C=O) groups is 1. The first-order valence-electron chi connectivity index (χ1n) is 9.22. The third kappa shape index (κ3) is 5.33. The molecule has 1 heterocycles. The smallest absolute Gasteiger partial charge is 0.259 e. The zero-order chi connectivity index (χ0) is 20.7. The van der Waals surface area contributed by atoms with Crippen molar-refractivity contribution in [2.24, 2.45) is 0 Å². The third-order valence-corrected chi connectivity index (χ3v) is 6.27. The molecule has 29 heavy (non-hydrogen) atoms. The molecule has 0 spiro atoms. The highest BCUT2D eigenvalue weighted by atomic mass is 32.2. The van der Waals surface area contributed by atoms with Crippen LogP contribution in [0.25, 0.3) is 0 Å². The second-order valence-corrected chi connectivity index (χ2v) is 8.27. The number of hydrogen-bond acceptors (Lipinski definition) is 6. The maximum atomic E-state index is 12.8. The Bertz CT molecular complexity index is 941. The number of amides is 1. The number of ether oxygens (including phenoxy) is 3. The monoisotopic (exact) mass is 420 g/mol. The highest BCUT2D eigenvalue weighted by Gasteiger charge is 2.26. The van der Waals surface area contributed by atoms with Crippen molar-refractivity contribution in [1.29, 1.82) is 0 Å². The van der Waals surface area contributed by atoms with E-state index < -0.39 is 10.0 Å². The molecule has 1 aliphatic heterocycles. The van der Waals surface area contributed by atoms with Crippen LogP contribution in [0.5, 0.6) is 5.75 Å². The van der Waals surface area contributed by atoms with Crippen LogP contribution >= 0.6 is 0 Å². The first kappa shape index (κ1) is 21.3. The lowest BCUT2D eigenvalue weighted by Gasteiger charge is -2.26. The van der Waals surface area contributed by atoms with Crippen LogP contribution in [0.3, 0.4) is 0 Å². The van der Waals surface area contributed by atoms with Gasteiger partial charge in [-0.1, -0.05) is 18.2 Å².